The van der Waals surface area contributed by atoms with Gasteiger partial charge in [-0.1, -0.05) is 30.7 Å². The van der Waals surface area contributed by atoms with Crippen molar-refractivity contribution in [1.29, 1.82) is 0 Å². The highest BCUT2D eigenvalue weighted by Crippen LogP contribution is 2.41. The van der Waals surface area contributed by atoms with E-state index in [4.69, 9.17) is 20.8 Å². The Bertz CT molecular complexity index is 1130. The molecule has 5 nitrogen and oxygen atoms in total. The molecular weight excluding hydrogens is 402 g/mol. The number of carbonyl (C=O) groups is 2. The van der Waals surface area contributed by atoms with Gasteiger partial charge in [0.1, 0.15) is 16.9 Å². The van der Waals surface area contributed by atoms with Crippen molar-refractivity contribution in [2.24, 2.45) is 0 Å². The van der Waals surface area contributed by atoms with Crippen LogP contribution in [-0.2, 0) is 6.42 Å². The lowest BCUT2D eigenvalue weighted by Crippen LogP contribution is -2.38. The summed E-state index contributed by atoms with van der Waals surface area (Å²) in [6, 6.07) is 11.0. The number of furan rings is 1. The van der Waals surface area contributed by atoms with Gasteiger partial charge in [0.05, 0.1) is 12.0 Å². The number of aryl methyl sites for hydroxylation is 1. The Morgan fingerprint density at radius 1 is 1.20 bits per heavy atom. The van der Waals surface area contributed by atoms with E-state index < -0.39 is 5.60 Å². The molecule has 1 N–H and O–H groups in total. The van der Waals surface area contributed by atoms with Crippen LogP contribution in [0.2, 0.25) is 5.02 Å². The number of hydrogen-bond donors (Lipinski definition) is 1. The van der Waals surface area contributed by atoms with E-state index in [0.29, 0.717) is 52.3 Å². The van der Waals surface area contributed by atoms with Gasteiger partial charge in [-0.2, -0.15) is 0 Å². The van der Waals surface area contributed by atoms with Gasteiger partial charge >= 0.3 is 0 Å². The molecular formula is C24H24ClNO4. The normalized spacial score (nSPS) is 18.2. The summed E-state index contributed by atoms with van der Waals surface area (Å²) < 4.78 is 12.0. The molecule has 1 amide bonds. The van der Waals surface area contributed by atoms with Crippen molar-refractivity contribution in [2.75, 3.05) is 6.54 Å². The van der Waals surface area contributed by atoms with Gasteiger partial charge in [0, 0.05) is 22.5 Å². The number of hydrogen-bond acceptors (Lipinski definition) is 4. The number of rotatable bonds is 5. The van der Waals surface area contributed by atoms with Gasteiger partial charge in [-0.05, 0) is 56.5 Å². The molecule has 0 saturated heterocycles. The van der Waals surface area contributed by atoms with Gasteiger partial charge in [-0.25, -0.2) is 0 Å². The van der Waals surface area contributed by atoms with Crippen molar-refractivity contribution in [3.05, 3.63) is 63.9 Å². The quantitative estimate of drug-likeness (QED) is 0.585. The van der Waals surface area contributed by atoms with Gasteiger partial charge < -0.3 is 14.5 Å². The summed E-state index contributed by atoms with van der Waals surface area (Å²) in [5.74, 6) is 0.506. The topological polar surface area (TPSA) is 68.5 Å². The Labute approximate surface area is 180 Å². The molecule has 0 fully saturated rings. The first-order chi connectivity index (χ1) is 14.3. The highest BCUT2D eigenvalue weighted by Gasteiger charge is 2.37. The monoisotopic (exact) mass is 425 g/mol. The van der Waals surface area contributed by atoms with Crippen LogP contribution in [0.1, 0.15) is 58.7 Å². The average molecular weight is 426 g/mol. The van der Waals surface area contributed by atoms with E-state index in [2.05, 4.69) is 5.32 Å². The molecule has 1 aliphatic rings. The van der Waals surface area contributed by atoms with Crippen molar-refractivity contribution < 1.29 is 18.7 Å². The largest absolute Gasteiger partial charge is 0.486 e. The summed E-state index contributed by atoms with van der Waals surface area (Å²) in [7, 11) is 0. The summed E-state index contributed by atoms with van der Waals surface area (Å²) in [4.78, 5) is 25.7. The lowest BCUT2D eigenvalue weighted by molar-refractivity contribution is 0.0503. The second-order valence-electron chi connectivity index (χ2n) is 8.01. The van der Waals surface area contributed by atoms with Gasteiger partial charge in [-0.15, -0.1) is 0 Å². The van der Waals surface area contributed by atoms with Crippen LogP contribution >= 0.6 is 11.6 Å². The third-order valence-corrected chi connectivity index (χ3v) is 6.04. The fourth-order valence-corrected chi connectivity index (χ4v) is 4.00. The van der Waals surface area contributed by atoms with Crippen LogP contribution in [-0.4, -0.2) is 23.8 Å². The summed E-state index contributed by atoms with van der Waals surface area (Å²) >= 11 is 5.90. The SMILES string of the molecule is CC[C@]1(C)CC(=O)c2c(ccc3oc(C(=O)NCCc4ccc(Cl)cc4)c(C)c23)O1. The molecule has 1 aliphatic heterocycles. The Morgan fingerprint density at radius 3 is 2.63 bits per heavy atom. The summed E-state index contributed by atoms with van der Waals surface area (Å²) in [5, 5.41) is 4.24. The maximum Gasteiger partial charge on any atom is 0.287 e. The van der Waals surface area contributed by atoms with Crippen molar-refractivity contribution in [2.45, 2.75) is 45.6 Å². The Morgan fingerprint density at radius 2 is 1.93 bits per heavy atom. The number of carbonyl (C=O) groups excluding carboxylic acids is 2. The lowest BCUT2D eigenvalue weighted by atomic mass is 9.87. The van der Waals surface area contributed by atoms with Crippen LogP contribution in [0.5, 0.6) is 5.75 Å². The van der Waals surface area contributed by atoms with E-state index in [1.807, 2.05) is 38.1 Å². The van der Waals surface area contributed by atoms with Gasteiger partial charge in [0.25, 0.3) is 5.91 Å². The van der Waals surface area contributed by atoms with Gasteiger partial charge in [0.15, 0.2) is 11.5 Å². The van der Waals surface area contributed by atoms with Crippen LogP contribution in [0.3, 0.4) is 0 Å². The molecule has 3 aromatic rings. The number of halogens is 1. The summed E-state index contributed by atoms with van der Waals surface area (Å²) in [5.41, 5.74) is 2.27. The molecule has 1 aromatic heterocycles. The zero-order chi connectivity index (χ0) is 21.5. The highest BCUT2D eigenvalue weighted by molar-refractivity contribution is 6.30. The number of ketones is 1. The zero-order valence-electron chi connectivity index (χ0n) is 17.3. The van der Waals surface area contributed by atoms with Crippen molar-refractivity contribution >= 4 is 34.3 Å². The molecule has 0 spiro atoms. The molecule has 6 heteroatoms. The third kappa shape index (κ3) is 3.70. The average Bonchev–Trinajstić information content (AvgIpc) is 3.06. The van der Waals surface area contributed by atoms with Gasteiger partial charge in [-0.3, -0.25) is 9.59 Å². The summed E-state index contributed by atoms with van der Waals surface area (Å²) in [6.45, 7) is 6.22. The number of benzene rings is 2. The molecule has 30 heavy (non-hydrogen) atoms. The Kier molecular flexibility index (Phi) is 5.33. The fraction of sp³-hybridized carbons (Fsp3) is 0.333. The Hall–Kier alpha value is -2.79. The van der Waals surface area contributed by atoms with E-state index in [1.54, 1.807) is 19.1 Å². The first-order valence-corrected chi connectivity index (χ1v) is 10.5. The summed E-state index contributed by atoms with van der Waals surface area (Å²) in [6.07, 6.45) is 1.73. The zero-order valence-corrected chi connectivity index (χ0v) is 18.1. The van der Waals surface area contributed by atoms with E-state index in [9.17, 15) is 9.59 Å². The molecule has 4 rings (SSSR count). The number of Topliss-reactive ketones (excluding diaryl/α,β-unsaturated/α-hetero) is 1. The minimum Gasteiger partial charge on any atom is -0.486 e. The first kappa shape index (κ1) is 20.5. The maximum absolute atomic E-state index is 12.9. The van der Waals surface area contributed by atoms with Crippen molar-refractivity contribution in [3.63, 3.8) is 0 Å². The predicted octanol–water partition coefficient (Wildman–Crippen LogP) is 5.50. The van der Waals surface area contributed by atoms with Crippen LogP contribution in [0.4, 0.5) is 0 Å². The van der Waals surface area contributed by atoms with E-state index in [0.717, 1.165) is 12.0 Å². The van der Waals surface area contributed by atoms with Crippen molar-refractivity contribution in [3.8, 4) is 5.75 Å². The number of amides is 1. The molecule has 2 aromatic carbocycles. The molecule has 1 atom stereocenters. The molecule has 2 heterocycles. The lowest BCUT2D eigenvalue weighted by Gasteiger charge is -2.34. The smallest absolute Gasteiger partial charge is 0.287 e. The standard InChI is InChI=1S/C24H24ClNO4/c1-4-24(3)13-17(27)21-19(30-24)10-9-18-20(21)14(2)22(29-18)23(28)26-12-11-15-5-7-16(25)8-6-15/h5-10H,4,11-13H2,1-3H3,(H,26,28)/t24-/m1/s1. The van der Waals surface area contributed by atoms with Crippen molar-refractivity contribution in [1.82, 2.24) is 5.32 Å². The molecule has 156 valence electrons. The second kappa shape index (κ2) is 7.80. The van der Waals surface area contributed by atoms with E-state index in [-0.39, 0.29) is 17.5 Å². The number of nitrogens with one attached hydrogen (secondary N) is 1. The minimum absolute atomic E-state index is 0.0183. The maximum atomic E-state index is 12.9. The molecule has 0 saturated carbocycles. The molecule has 0 radical (unpaired) electrons. The molecule has 0 unspecified atom stereocenters. The Balaban J connectivity index is 1.58. The number of fused-ring (bicyclic) bond motifs is 3. The van der Waals surface area contributed by atoms with Crippen LogP contribution in [0.15, 0.2) is 40.8 Å². The second-order valence-corrected chi connectivity index (χ2v) is 8.44. The fourth-order valence-electron chi connectivity index (χ4n) is 3.88. The molecule has 0 aliphatic carbocycles. The predicted molar refractivity (Wildman–Crippen MR) is 117 cm³/mol. The highest BCUT2D eigenvalue weighted by atomic mass is 35.5. The van der Waals surface area contributed by atoms with E-state index in [1.165, 1.54) is 0 Å². The van der Waals surface area contributed by atoms with Crippen LogP contribution < -0.4 is 10.1 Å². The third-order valence-electron chi connectivity index (χ3n) is 5.79. The van der Waals surface area contributed by atoms with Crippen LogP contribution in [0, 0.1) is 6.92 Å². The number of ether oxygens (including phenoxy) is 1. The minimum atomic E-state index is -0.503. The van der Waals surface area contributed by atoms with Crippen LogP contribution in [0.25, 0.3) is 11.0 Å². The van der Waals surface area contributed by atoms with E-state index >= 15 is 0 Å². The molecule has 0 bridgehead atoms. The first-order valence-electron chi connectivity index (χ1n) is 10.1. The van der Waals surface area contributed by atoms with Gasteiger partial charge in [0.2, 0.25) is 0 Å².